The lowest BCUT2D eigenvalue weighted by Crippen LogP contribution is -2.27. The van der Waals surface area contributed by atoms with Crippen LogP contribution in [-0.2, 0) is 22.7 Å². The van der Waals surface area contributed by atoms with E-state index in [1.807, 2.05) is 65.4 Å². The number of carbonyl (C=O) groups excluding carboxylic acids is 1. The average Bonchev–Trinajstić information content (AvgIpc) is 3.27. The van der Waals surface area contributed by atoms with Crippen LogP contribution in [0.4, 0.5) is 5.69 Å². The van der Waals surface area contributed by atoms with Crippen LogP contribution in [0.2, 0.25) is 0 Å². The van der Waals surface area contributed by atoms with E-state index in [2.05, 4.69) is 17.9 Å². The molecule has 2 aromatic carbocycles. The van der Waals surface area contributed by atoms with Crippen LogP contribution < -0.4 is 10.1 Å². The van der Waals surface area contributed by atoms with Gasteiger partial charge < -0.3 is 19.4 Å². The molecule has 0 amide bonds. The zero-order chi connectivity index (χ0) is 23.4. The molecule has 2 heterocycles. The number of Topliss-reactive ketones (excluding diaryl/α,β-unsaturated/α-hetero) is 1. The Hall–Kier alpha value is -3.36. The van der Waals surface area contributed by atoms with Gasteiger partial charge in [0.05, 0.1) is 30.7 Å². The van der Waals surface area contributed by atoms with Gasteiger partial charge >= 0.3 is 0 Å². The number of hydrogen-bond donors (Lipinski definition) is 3. The quantitative estimate of drug-likeness (QED) is 0.262. The Morgan fingerprint density at radius 3 is 2.73 bits per heavy atom. The molecule has 170 valence electrons. The number of aromatic nitrogens is 2. The number of anilines is 1. The predicted octanol–water partition coefficient (Wildman–Crippen LogP) is 4.42. The summed E-state index contributed by atoms with van der Waals surface area (Å²) in [5.74, 6) is 1.16. The fourth-order valence-corrected chi connectivity index (χ4v) is 4.00. The summed E-state index contributed by atoms with van der Waals surface area (Å²) in [6.07, 6.45) is 1.88. The van der Waals surface area contributed by atoms with Crippen molar-refractivity contribution in [1.29, 1.82) is 5.41 Å². The van der Waals surface area contributed by atoms with E-state index in [0.29, 0.717) is 47.4 Å². The molecule has 0 spiro atoms. The maximum atomic E-state index is 13.9. The summed E-state index contributed by atoms with van der Waals surface area (Å²) in [4.78, 5) is 19.1. The van der Waals surface area contributed by atoms with Crippen molar-refractivity contribution in [2.75, 3.05) is 19.0 Å². The summed E-state index contributed by atoms with van der Waals surface area (Å²) < 4.78 is 12.9. The van der Waals surface area contributed by atoms with Gasteiger partial charge in [-0.15, -0.1) is 12.6 Å². The van der Waals surface area contributed by atoms with E-state index in [4.69, 9.17) is 19.9 Å². The maximum absolute atomic E-state index is 13.9. The number of ether oxygens (including phenoxy) is 2. The van der Waals surface area contributed by atoms with Crippen molar-refractivity contribution in [3.63, 3.8) is 0 Å². The fraction of sp³-hybridized carbons (Fsp3) is 0.240. The van der Waals surface area contributed by atoms with E-state index in [0.717, 1.165) is 5.82 Å². The SMILES string of the molecule is COc1cccc(NC(C(=O)/C(C(=N)c2ccccc2)=C(\C)S)c2cn3c(n2)COCC3)c1. The van der Waals surface area contributed by atoms with Gasteiger partial charge in [-0.05, 0) is 24.0 Å². The predicted molar refractivity (Wildman–Crippen MR) is 131 cm³/mol. The minimum absolute atomic E-state index is 0.123. The Morgan fingerprint density at radius 2 is 2.03 bits per heavy atom. The summed E-state index contributed by atoms with van der Waals surface area (Å²) in [7, 11) is 1.59. The lowest BCUT2D eigenvalue weighted by atomic mass is 9.93. The highest BCUT2D eigenvalue weighted by Gasteiger charge is 2.31. The van der Waals surface area contributed by atoms with Crippen LogP contribution in [0.1, 0.15) is 30.0 Å². The monoisotopic (exact) mass is 462 g/mol. The van der Waals surface area contributed by atoms with Crippen LogP contribution in [-0.4, -0.2) is 34.8 Å². The number of thiol groups is 1. The average molecular weight is 463 g/mol. The second-order valence-electron chi connectivity index (χ2n) is 7.70. The molecule has 0 radical (unpaired) electrons. The number of benzene rings is 2. The number of carbonyl (C=O) groups is 1. The maximum Gasteiger partial charge on any atom is 0.194 e. The molecule has 0 fully saturated rings. The first-order chi connectivity index (χ1) is 16.0. The second kappa shape index (κ2) is 10.1. The Labute approximate surface area is 198 Å². The molecule has 1 aromatic heterocycles. The van der Waals surface area contributed by atoms with E-state index in [1.165, 1.54) is 0 Å². The van der Waals surface area contributed by atoms with E-state index < -0.39 is 6.04 Å². The van der Waals surface area contributed by atoms with Crippen LogP contribution in [0.3, 0.4) is 0 Å². The number of ketones is 1. The molecule has 1 aliphatic heterocycles. The van der Waals surface area contributed by atoms with Gasteiger partial charge in [0.15, 0.2) is 5.78 Å². The number of methoxy groups -OCH3 is 1. The van der Waals surface area contributed by atoms with Gasteiger partial charge in [0.2, 0.25) is 0 Å². The molecule has 3 aromatic rings. The molecular weight excluding hydrogens is 436 g/mol. The lowest BCUT2D eigenvalue weighted by Gasteiger charge is -2.20. The van der Waals surface area contributed by atoms with Crippen molar-refractivity contribution in [2.45, 2.75) is 26.1 Å². The largest absolute Gasteiger partial charge is 0.497 e. The van der Waals surface area contributed by atoms with Gasteiger partial charge in [-0.2, -0.15) is 0 Å². The summed E-state index contributed by atoms with van der Waals surface area (Å²) in [6, 6.07) is 15.7. The summed E-state index contributed by atoms with van der Waals surface area (Å²) in [5.41, 5.74) is 2.28. The zero-order valence-electron chi connectivity index (χ0n) is 18.5. The molecule has 1 atom stereocenters. The van der Waals surface area contributed by atoms with E-state index in [1.54, 1.807) is 14.0 Å². The third-order valence-electron chi connectivity index (χ3n) is 5.44. The van der Waals surface area contributed by atoms with E-state index >= 15 is 0 Å². The number of allylic oxidation sites excluding steroid dienone is 1. The Balaban J connectivity index is 1.75. The van der Waals surface area contributed by atoms with Gasteiger partial charge in [-0.1, -0.05) is 36.4 Å². The molecule has 0 saturated heterocycles. The Bertz CT molecular complexity index is 1180. The van der Waals surface area contributed by atoms with Crippen LogP contribution in [0, 0.1) is 5.41 Å². The molecule has 1 unspecified atom stereocenters. The van der Waals surface area contributed by atoms with Crippen molar-refractivity contribution in [1.82, 2.24) is 9.55 Å². The van der Waals surface area contributed by atoms with Crippen molar-refractivity contribution >= 4 is 29.8 Å². The van der Waals surface area contributed by atoms with Crippen LogP contribution in [0.25, 0.3) is 0 Å². The summed E-state index contributed by atoms with van der Waals surface area (Å²) >= 11 is 4.48. The molecule has 1 aliphatic rings. The fourth-order valence-electron chi connectivity index (χ4n) is 3.78. The number of imidazole rings is 1. The zero-order valence-corrected chi connectivity index (χ0v) is 19.4. The molecule has 7 nitrogen and oxygen atoms in total. The van der Waals surface area contributed by atoms with Crippen LogP contribution in [0.5, 0.6) is 5.75 Å². The molecular formula is C25H26N4O3S. The highest BCUT2D eigenvalue weighted by molar-refractivity contribution is 7.84. The van der Waals surface area contributed by atoms with Crippen molar-refractivity contribution < 1.29 is 14.3 Å². The Morgan fingerprint density at radius 1 is 1.24 bits per heavy atom. The minimum atomic E-state index is -0.823. The second-order valence-corrected chi connectivity index (χ2v) is 8.37. The number of nitrogens with zero attached hydrogens (tertiary/aromatic N) is 2. The molecule has 33 heavy (non-hydrogen) atoms. The van der Waals surface area contributed by atoms with E-state index in [9.17, 15) is 4.79 Å². The van der Waals surface area contributed by atoms with Gasteiger partial charge in [-0.25, -0.2) is 4.98 Å². The third kappa shape index (κ3) is 5.02. The molecule has 0 saturated carbocycles. The summed E-state index contributed by atoms with van der Waals surface area (Å²) in [5, 5.41) is 12.1. The minimum Gasteiger partial charge on any atom is -0.497 e. The number of fused-ring (bicyclic) bond motifs is 1. The van der Waals surface area contributed by atoms with Crippen LogP contribution >= 0.6 is 12.6 Å². The van der Waals surface area contributed by atoms with Crippen molar-refractivity contribution in [2.24, 2.45) is 0 Å². The topological polar surface area (TPSA) is 89.2 Å². The standard InChI is InChI=1S/C25H26N4O3S/c1-16(33)22(23(26)17-7-4-3-5-8-17)25(30)24(27-18-9-6-10-19(13-18)31-2)20-14-29-11-12-32-15-21(29)28-20/h3-10,13-14,24,26-27,33H,11-12,15H2,1-2H3/b22-16+,26-23?. The third-order valence-corrected chi connectivity index (χ3v) is 5.67. The normalized spacial score (nSPS) is 14.6. The summed E-state index contributed by atoms with van der Waals surface area (Å²) in [6.45, 7) is 3.40. The highest BCUT2D eigenvalue weighted by atomic mass is 32.1. The lowest BCUT2D eigenvalue weighted by molar-refractivity contribution is -0.116. The number of rotatable bonds is 8. The number of hydrogen-bond acceptors (Lipinski definition) is 7. The Kier molecular flexibility index (Phi) is 6.96. The first-order valence-electron chi connectivity index (χ1n) is 10.6. The molecule has 4 rings (SSSR count). The molecule has 0 bridgehead atoms. The van der Waals surface area contributed by atoms with E-state index in [-0.39, 0.29) is 17.1 Å². The van der Waals surface area contributed by atoms with Crippen molar-refractivity contribution in [3.05, 3.63) is 88.4 Å². The number of nitrogens with one attached hydrogen (secondary N) is 2. The highest BCUT2D eigenvalue weighted by Crippen LogP contribution is 2.29. The van der Waals surface area contributed by atoms with Gasteiger partial charge in [0.25, 0.3) is 0 Å². The first kappa shape index (κ1) is 22.8. The van der Waals surface area contributed by atoms with Gasteiger partial charge in [-0.3, -0.25) is 10.2 Å². The van der Waals surface area contributed by atoms with Crippen LogP contribution in [0.15, 0.2) is 71.3 Å². The first-order valence-corrected chi connectivity index (χ1v) is 11.1. The smallest absolute Gasteiger partial charge is 0.194 e. The molecule has 0 aliphatic carbocycles. The van der Waals surface area contributed by atoms with Crippen molar-refractivity contribution in [3.8, 4) is 5.75 Å². The van der Waals surface area contributed by atoms with Gasteiger partial charge in [0, 0.05) is 30.1 Å². The molecule has 8 heteroatoms. The molecule has 2 N–H and O–H groups in total. The van der Waals surface area contributed by atoms with Gasteiger partial charge in [0.1, 0.15) is 24.2 Å².